The van der Waals surface area contributed by atoms with E-state index in [-0.39, 0.29) is 23.8 Å². The molecule has 2 heterocycles. The third-order valence-corrected chi connectivity index (χ3v) is 5.55. The van der Waals surface area contributed by atoms with Gasteiger partial charge < -0.3 is 10.2 Å². The summed E-state index contributed by atoms with van der Waals surface area (Å²) in [5, 5.41) is 3.16. The van der Waals surface area contributed by atoms with Gasteiger partial charge in [0, 0.05) is 30.9 Å². The fraction of sp³-hybridized carbons (Fsp3) is 0.231. The first-order valence-corrected chi connectivity index (χ1v) is 10.9. The molecule has 0 atom stereocenters. The van der Waals surface area contributed by atoms with Crippen molar-refractivity contribution in [2.45, 2.75) is 25.7 Å². The summed E-state index contributed by atoms with van der Waals surface area (Å²) in [5.41, 5.74) is 3.33. The number of carbonyl (C=O) groups is 1. The van der Waals surface area contributed by atoms with Gasteiger partial charge in [0.25, 0.3) is 0 Å². The van der Waals surface area contributed by atoms with Crippen LogP contribution in [0.25, 0.3) is 16.1 Å². The van der Waals surface area contributed by atoms with Gasteiger partial charge in [-0.2, -0.15) is 0 Å². The van der Waals surface area contributed by atoms with Crippen LogP contribution in [0.4, 0.5) is 27.4 Å². The van der Waals surface area contributed by atoms with Gasteiger partial charge in [0.05, 0.1) is 12.8 Å². The molecule has 0 unspecified atom stereocenters. The van der Waals surface area contributed by atoms with Crippen LogP contribution >= 0.6 is 0 Å². The molecular weight excluding hydrogens is 417 g/mol. The van der Waals surface area contributed by atoms with Crippen LogP contribution in [0.2, 0.25) is 0 Å². The first-order valence-electron chi connectivity index (χ1n) is 10.9. The largest absolute Gasteiger partial charge is 0.371 e. The number of hydrogen-bond donors (Lipinski definition) is 1. The molecule has 0 spiro atoms. The molecule has 3 aromatic rings. The van der Waals surface area contributed by atoms with Crippen LogP contribution in [0.3, 0.4) is 0 Å². The monoisotopic (exact) mass is 441 g/mol. The van der Waals surface area contributed by atoms with Crippen molar-refractivity contribution in [3.63, 3.8) is 0 Å². The Morgan fingerprint density at radius 2 is 2.03 bits per heavy atom. The van der Waals surface area contributed by atoms with Crippen molar-refractivity contribution < 1.29 is 9.18 Å². The highest BCUT2D eigenvalue weighted by atomic mass is 19.1. The topological polar surface area (TPSA) is 62.5 Å². The van der Waals surface area contributed by atoms with Crippen molar-refractivity contribution in [2.75, 3.05) is 23.3 Å². The molecule has 0 aliphatic carbocycles. The van der Waals surface area contributed by atoms with Crippen LogP contribution in [0.1, 0.15) is 24.8 Å². The van der Waals surface area contributed by atoms with Crippen molar-refractivity contribution in [1.82, 2.24) is 9.97 Å². The van der Waals surface area contributed by atoms with Crippen LogP contribution < -0.4 is 10.2 Å². The van der Waals surface area contributed by atoms with E-state index in [2.05, 4.69) is 37.7 Å². The number of hydrogen-bond acceptors (Lipinski definition) is 5. The second kappa shape index (κ2) is 10.0. The molecule has 2 aromatic carbocycles. The zero-order valence-electron chi connectivity index (χ0n) is 18.2. The summed E-state index contributed by atoms with van der Waals surface area (Å²) in [6.07, 6.45) is 6.06. The summed E-state index contributed by atoms with van der Waals surface area (Å²) in [7, 11) is 0. The zero-order chi connectivity index (χ0) is 23.2. The molecule has 1 aliphatic rings. The average molecular weight is 442 g/mol. The molecule has 0 bridgehead atoms. The van der Waals surface area contributed by atoms with Crippen LogP contribution in [0, 0.1) is 12.4 Å². The lowest BCUT2D eigenvalue weighted by Crippen LogP contribution is -2.29. The Balaban J connectivity index is 1.63. The Morgan fingerprint density at radius 3 is 2.79 bits per heavy atom. The van der Waals surface area contributed by atoms with Crippen molar-refractivity contribution in [1.29, 1.82) is 0 Å². The summed E-state index contributed by atoms with van der Waals surface area (Å²) in [6, 6.07) is 12.8. The number of piperidine rings is 1. The smallest absolute Gasteiger partial charge is 0.227 e. The number of halogens is 1. The summed E-state index contributed by atoms with van der Waals surface area (Å²) >= 11 is 0. The quantitative estimate of drug-likeness (QED) is 0.367. The number of benzene rings is 2. The predicted octanol–water partition coefficient (Wildman–Crippen LogP) is 5.86. The minimum Gasteiger partial charge on any atom is -0.371 e. The fourth-order valence-corrected chi connectivity index (χ4v) is 3.94. The van der Waals surface area contributed by atoms with Gasteiger partial charge in [-0.05, 0) is 55.2 Å². The molecule has 0 saturated carbocycles. The number of rotatable bonds is 7. The Kier molecular flexibility index (Phi) is 6.75. The van der Waals surface area contributed by atoms with Crippen LogP contribution in [-0.4, -0.2) is 28.8 Å². The van der Waals surface area contributed by atoms with Gasteiger partial charge in [-0.1, -0.05) is 30.3 Å². The van der Waals surface area contributed by atoms with Crippen molar-refractivity contribution >= 4 is 28.8 Å². The van der Waals surface area contributed by atoms with E-state index in [1.165, 1.54) is 25.3 Å². The molecule has 1 saturated heterocycles. The third-order valence-electron chi connectivity index (χ3n) is 5.55. The summed E-state index contributed by atoms with van der Waals surface area (Å²) in [6.45, 7) is 12.9. The molecule has 1 aromatic heterocycles. The minimum absolute atomic E-state index is 0.0671. The normalized spacial score (nSPS) is 13.3. The first kappa shape index (κ1) is 22.2. The first-order chi connectivity index (χ1) is 16.1. The van der Waals surface area contributed by atoms with E-state index in [1.807, 2.05) is 18.2 Å². The van der Waals surface area contributed by atoms with Crippen molar-refractivity contribution in [3.05, 3.63) is 84.1 Å². The van der Waals surface area contributed by atoms with Crippen LogP contribution in [-0.2, 0) is 11.2 Å². The second-order valence-corrected chi connectivity index (χ2v) is 7.96. The van der Waals surface area contributed by atoms with Gasteiger partial charge in [0.15, 0.2) is 17.3 Å². The van der Waals surface area contributed by atoms with Crippen LogP contribution in [0.5, 0.6) is 0 Å². The highest BCUT2D eigenvalue weighted by Crippen LogP contribution is 2.29. The predicted molar refractivity (Wildman–Crippen MR) is 128 cm³/mol. The highest BCUT2D eigenvalue weighted by Gasteiger charge is 2.14. The van der Waals surface area contributed by atoms with Gasteiger partial charge in [-0.15, -0.1) is 0 Å². The average Bonchev–Trinajstić information content (AvgIpc) is 2.85. The fourth-order valence-electron chi connectivity index (χ4n) is 3.94. The van der Waals surface area contributed by atoms with E-state index in [0.29, 0.717) is 16.8 Å². The van der Waals surface area contributed by atoms with Gasteiger partial charge in [0.1, 0.15) is 5.69 Å². The number of allylic oxidation sites excluding steroid dienone is 1. The van der Waals surface area contributed by atoms with Gasteiger partial charge in [-0.25, -0.2) is 19.2 Å². The van der Waals surface area contributed by atoms with E-state index in [9.17, 15) is 9.18 Å². The number of carbonyl (C=O) groups excluding carboxylic acids is 1. The molecule has 33 heavy (non-hydrogen) atoms. The van der Waals surface area contributed by atoms with Gasteiger partial charge in [0.2, 0.25) is 5.95 Å². The molecule has 1 aliphatic heterocycles. The van der Waals surface area contributed by atoms with Crippen molar-refractivity contribution in [3.8, 4) is 11.3 Å². The molecule has 6 nitrogen and oxygen atoms in total. The zero-order valence-corrected chi connectivity index (χ0v) is 18.2. The number of nitrogens with zero attached hydrogens (tertiary/aromatic N) is 4. The van der Waals surface area contributed by atoms with E-state index >= 15 is 0 Å². The lowest BCUT2D eigenvalue weighted by Gasteiger charge is -2.29. The molecule has 1 N–H and O–H groups in total. The lowest BCUT2D eigenvalue weighted by atomic mass is 10.0. The van der Waals surface area contributed by atoms with E-state index in [0.717, 1.165) is 30.7 Å². The SMILES string of the molecule is [C-]#[N+]c1cc(CC(=O)C=C)cc(-c2nc(Nc3cccc(N4CCCCC4)c3)ncc2F)c1. The molecule has 166 valence electrons. The number of aromatic nitrogens is 2. The number of anilines is 3. The second-order valence-electron chi connectivity index (χ2n) is 7.96. The van der Waals surface area contributed by atoms with Gasteiger partial charge in [-0.3, -0.25) is 4.79 Å². The van der Waals surface area contributed by atoms with E-state index in [1.54, 1.807) is 18.2 Å². The molecular formula is C26H24FN5O. The summed E-state index contributed by atoms with van der Waals surface area (Å²) in [4.78, 5) is 26.1. The Labute approximate surface area is 192 Å². The maximum absolute atomic E-state index is 14.7. The van der Waals surface area contributed by atoms with Crippen LogP contribution in [0.15, 0.2) is 61.3 Å². The Bertz CT molecular complexity index is 1230. The number of ketones is 1. The lowest BCUT2D eigenvalue weighted by molar-refractivity contribution is -0.114. The number of nitrogens with one attached hydrogen (secondary N) is 1. The maximum Gasteiger partial charge on any atom is 0.227 e. The molecule has 7 heteroatoms. The van der Waals surface area contributed by atoms with E-state index in [4.69, 9.17) is 6.57 Å². The highest BCUT2D eigenvalue weighted by molar-refractivity contribution is 5.91. The summed E-state index contributed by atoms with van der Waals surface area (Å²) < 4.78 is 14.7. The van der Waals surface area contributed by atoms with E-state index < -0.39 is 5.82 Å². The third kappa shape index (κ3) is 5.42. The van der Waals surface area contributed by atoms with Crippen molar-refractivity contribution in [2.24, 2.45) is 0 Å². The Morgan fingerprint density at radius 1 is 1.21 bits per heavy atom. The molecule has 0 amide bonds. The summed E-state index contributed by atoms with van der Waals surface area (Å²) in [5.74, 6) is -0.535. The maximum atomic E-state index is 14.7. The molecule has 0 radical (unpaired) electrons. The molecule has 4 rings (SSSR count). The molecule has 1 fully saturated rings. The Hall–Kier alpha value is -4.05. The standard InChI is InChI=1S/C26H24FN5O/c1-3-23(33)14-18-12-19(15-21(13-18)28-2)25-24(27)17-29-26(31-25)30-20-8-7-9-22(16-20)32-10-5-4-6-11-32/h3,7-9,12-13,15-17H,1,4-6,10-11,14H2,(H,29,30,31). The van der Waals surface area contributed by atoms with Gasteiger partial charge >= 0.3 is 0 Å². The minimum atomic E-state index is -0.606.